The van der Waals surface area contributed by atoms with E-state index in [0.29, 0.717) is 18.5 Å². The first-order valence-electron chi connectivity index (χ1n) is 10.3. The van der Waals surface area contributed by atoms with Crippen molar-refractivity contribution in [3.63, 3.8) is 0 Å². The Bertz CT molecular complexity index is 759. The Kier molecular flexibility index (Phi) is 5.82. The first kappa shape index (κ1) is 18.2. The fourth-order valence-corrected chi connectivity index (χ4v) is 4.39. The predicted octanol–water partition coefficient (Wildman–Crippen LogP) is 3.18. The lowest BCUT2D eigenvalue weighted by atomic mass is 9.90. The van der Waals surface area contributed by atoms with Gasteiger partial charge in [-0.1, -0.05) is 31.4 Å². The minimum atomic E-state index is -0.0428. The van der Waals surface area contributed by atoms with Gasteiger partial charge in [-0.3, -0.25) is 4.79 Å². The van der Waals surface area contributed by atoms with Gasteiger partial charge < -0.3 is 15.2 Å². The van der Waals surface area contributed by atoms with Gasteiger partial charge in [0.1, 0.15) is 6.33 Å². The molecule has 2 heterocycles. The lowest BCUT2D eigenvalue weighted by Gasteiger charge is -2.24. The first-order valence-corrected chi connectivity index (χ1v) is 10.3. The van der Waals surface area contributed by atoms with Gasteiger partial charge in [0, 0.05) is 18.2 Å². The summed E-state index contributed by atoms with van der Waals surface area (Å²) in [6.45, 7) is 2.51. The van der Waals surface area contributed by atoms with Crippen LogP contribution < -0.4 is 10.6 Å². The van der Waals surface area contributed by atoms with E-state index in [1.54, 1.807) is 0 Å². The van der Waals surface area contributed by atoms with Crippen molar-refractivity contribution >= 4 is 5.91 Å². The Balaban J connectivity index is 1.39. The molecule has 1 aliphatic heterocycles. The summed E-state index contributed by atoms with van der Waals surface area (Å²) in [5, 5.41) is 14.8. The number of benzene rings is 1. The molecule has 1 aliphatic carbocycles. The Morgan fingerprint density at radius 1 is 1.19 bits per heavy atom. The molecule has 0 spiro atoms. The fourth-order valence-electron chi connectivity index (χ4n) is 4.39. The highest BCUT2D eigenvalue weighted by Gasteiger charge is 2.20. The second kappa shape index (κ2) is 8.65. The van der Waals surface area contributed by atoms with E-state index in [1.165, 1.54) is 50.5 Å². The Morgan fingerprint density at radius 3 is 2.89 bits per heavy atom. The molecule has 144 valence electrons. The Morgan fingerprint density at radius 2 is 2.07 bits per heavy atom. The number of hydrogen-bond acceptors (Lipinski definition) is 4. The van der Waals surface area contributed by atoms with Gasteiger partial charge in [-0.15, -0.1) is 10.2 Å². The number of amides is 1. The van der Waals surface area contributed by atoms with Crippen LogP contribution in [0.3, 0.4) is 0 Å². The fraction of sp³-hybridized carbons (Fsp3) is 0.571. The van der Waals surface area contributed by atoms with Crippen molar-refractivity contribution in [1.29, 1.82) is 0 Å². The topological polar surface area (TPSA) is 71.8 Å². The van der Waals surface area contributed by atoms with Gasteiger partial charge in [0.15, 0.2) is 5.82 Å². The largest absolute Gasteiger partial charge is 0.345 e. The number of nitrogens with zero attached hydrogens (tertiary/aromatic N) is 3. The van der Waals surface area contributed by atoms with Gasteiger partial charge in [-0.05, 0) is 55.8 Å². The summed E-state index contributed by atoms with van der Waals surface area (Å²) >= 11 is 0. The molecule has 1 aromatic carbocycles. The van der Waals surface area contributed by atoms with Crippen molar-refractivity contribution < 1.29 is 4.79 Å². The summed E-state index contributed by atoms with van der Waals surface area (Å²) in [5.41, 5.74) is 1.97. The van der Waals surface area contributed by atoms with Gasteiger partial charge in [-0.2, -0.15) is 0 Å². The molecule has 0 radical (unpaired) electrons. The van der Waals surface area contributed by atoms with Crippen LogP contribution >= 0.6 is 0 Å². The molecule has 2 aromatic rings. The molecule has 2 N–H and O–H groups in total. The maximum atomic E-state index is 12.7. The van der Waals surface area contributed by atoms with E-state index in [9.17, 15) is 4.79 Å². The molecular formula is C21H29N5O. The SMILES string of the molecule is O=C(NCc1nncn1C1CCCCC1)c1cccc([C@@H]2CCCNC2)c1. The molecule has 0 unspecified atom stereocenters. The molecule has 27 heavy (non-hydrogen) atoms. The van der Waals surface area contributed by atoms with E-state index in [1.807, 2.05) is 24.5 Å². The molecule has 6 nitrogen and oxygen atoms in total. The number of hydrogen-bond donors (Lipinski definition) is 2. The third-order valence-electron chi connectivity index (χ3n) is 5.94. The summed E-state index contributed by atoms with van der Waals surface area (Å²) < 4.78 is 2.16. The molecule has 4 rings (SSSR count). The zero-order valence-electron chi connectivity index (χ0n) is 15.9. The van der Waals surface area contributed by atoms with Crippen molar-refractivity contribution in [2.45, 2.75) is 63.5 Å². The second-order valence-corrected chi connectivity index (χ2v) is 7.80. The van der Waals surface area contributed by atoms with Crippen LogP contribution in [0.1, 0.15) is 78.7 Å². The number of aromatic nitrogens is 3. The maximum absolute atomic E-state index is 12.7. The highest BCUT2D eigenvalue weighted by Crippen LogP contribution is 2.28. The van der Waals surface area contributed by atoms with Crippen molar-refractivity contribution in [2.24, 2.45) is 0 Å². The van der Waals surface area contributed by atoms with Crippen LogP contribution in [0.5, 0.6) is 0 Å². The predicted molar refractivity (Wildman–Crippen MR) is 105 cm³/mol. The van der Waals surface area contributed by atoms with Crippen LogP contribution in [0.4, 0.5) is 0 Å². The lowest BCUT2D eigenvalue weighted by Crippen LogP contribution is -2.29. The van der Waals surface area contributed by atoms with Gasteiger partial charge >= 0.3 is 0 Å². The summed E-state index contributed by atoms with van der Waals surface area (Å²) in [7, 11) is 0. The highest BCUT2D eigenvalue weighted by atomic mass is 16.1. The van der Waals surface area contributed by atoms with Crippen molar-refractivity contribution in [3.8, 4) is 0 Å². The molecule has 2 aliphatic rings. The van der Waals surface area contributed by atoms with Crippen LogP contribution in [0.2, 0.25) is 0 Å². The van der Waals surface area contributed by atoms with Gasteiger partial charge in [0.25, 0.3) is 5.91 Å². The van der Waals surface area contributed by atoms with Crippen LogP contribution in [-0.4, -0.2) is 33.8 Å². The standard InChI is InChI=1S/C21H29N5O/c27-21(17-7-4-6-16(12-17)18-8-5-11-22-13-18)23-14-20-25-24-15-26(20)19-9-2-1-3-10-19/h4,6-7,12,15,18-19,22H,1-3,5,8-11,13-14H2,(H,23,27)/t18-/m1/s1. The van der Waals surface area contributed by atoms with Crippen LogP contribution in [0.15, 0.2) is 30.6 Å². The summed E-state index contributed by atoms with van der Waals surface area (Å²) in [6.07, 6.45) is 10.4. The van der Waals surface area contributed by atoms with E-state index in [2.05, 4.69) is 31.5 Å². The zero-order chi connectivity index (χ0) is 18.5. The van der Waals surface area contributed by atoms with Crippen molar-refractivity contribution in [3.05, 3.63) is 47.5 Å². The molecular weight excluding hydrogens is 338 g/mol. The smallest absolute Gasteiger partial charge is 0.251 e. The van der Waals surface area contributed by atoms with Crippen molar-refractivity contribution in [2.75, 3.05) is 13.1 Å². The monoisotopic (exact) mass is 367 g/mol. The van der Waals surface area contributed by atoms with Crippen LogP contribution in [-0.2, 0) is 6.54 Å². The minimum Gasteiger partial charge on any atom is -0.345 e. The van der Waals surface area contributed by atoms with Gasteiger partial charge in [0.2, 0.25) is 0 Å². The lowest BCUT2D eigenvalue weighted by molar-refractivity contribution is 0.0949. The molecule has 1 saturated heterocycles. The van der Waals surface area contributed by atoms with Gasteiger partial charge in [0.05, 0.1) is 6.54 Å². The van der Waals surface area contributed by atoms with Crippen molar-refractivity contribution in [1.82, 2.24) is 25.4 Å². The number of rotatable bonds is 5. The normalized spacial score (nSPS) is 21.1. The molecule has 1 atom stereocenters. The molecule has 1 aromatic heterocycles. The van der Waals surface area contributed by atoms with E-state index >= 15 is 0 Å². The summed E-state index contributed by atoms with van der Waals surface area (Å²) in [6, 6.07) is 8.53. The average Bonchev–Trinajstić information content (AvgIpc) is 3.22. The van der Waals surface area contributed by atoms with E-state index < -0.39 is 0 Å². The van der Waals surface area contributed by atoms with Gasteiger partial charge in [-0.25, -0.2) is 0 Å². The van der Waals surface area contributed by atoms with Crippen LogP contribution in [0, 0.1) is 0 Å². The quantitative estimate of drug-likeness (QED) is 0.851. The summed E-state index contributed by atoms with van der Waals surface area (Å²) in [5.74, 6) is 1.31. The Hall–Kier alpha value is -2.21. The number of nitrogens with one attached hydrogen (secondary N) is 2. The molecule has 0 bridgehead atoms. The minimum absolute atomic E-state index is 0.0428. The second-order valence-electron chi connectivity index (χ2n) is 7.80. The maximum Gasteiger partial charge on any atom is 0.251 e. The third-order valence-corrected chi connectivity index (χ3v) is 5.94. The number of carbonyl (C=O) groups is 1. The summed E-state index contributed by atoms with van der Waals surface area (Å²) in [4.78, 5) is 12.7. The Labute approximate surface area is 160 Å². The van der Waals surface area contributed by atoms with Crippen LogP contribution in [0.25, 0.3) is 0 Å². The highest BCUT2D eigenvalue weighted by molar-refractivity contribution is 5.94. The molecule has 1 amide bonds. The number of carbonyl (C=O) groups excluding carboxylic acids is 1. The average molecular weight is 367 g/mol. The van der Waals surface area contributed by atoms with E-state index in [-0.39, 0.29) is 5.91 Å². The first-order chi connectivity index (χ1) is 13.3. The van der Waals surface area contributed by atoms with E-state index in [4.69, 9.17) is 0 Å². The van der Waals surface area contributed by atoms with E-state index in [0.717, 1.165) is 24.5 Å². The molecule has 1 saturated carbocycles. The number of piperidine rings is 1. The molecule has 2 fully saturated rings. The zero-order valence-corrected chi connectivity index (χ0v) is 15.9. The molecule has 6 heteroatoms. The third kappa shape index (κ3) is 4.38.